The average molecular weight is 259 g/mol. The van der Waals surface area contributed by atoms with Crippen LogP contribution in [0.5, 0.6) is 0 Å². The molecular formula is C17H25NO. The molecule has 1 aromatic rings. The van der Waals surface area contributed by atoms with Gasteiger partial charge in [0.15, 0.2) is 5.78 Å². The molecular weight excluding hydrogens is 234 g/mol. The molecule has 2 heteroatoms. The van der Waals surface area contributed by atoms with Crippen LogP contribution >= 0.6 is 0 Å². The number of hydrogen-bond acceptors (Lipinski definition) is 2. The Kier molecular flexibility index (Phi) is 5.00. The quantitative estimate of drug-likeness (QED) is 0.752. The van der Waals surface area contributed by atoms with E-state index in [9.17, 15) is 4.79 Å². The van der Waals surface area contributed by atoms with Crippen LogP contribution in [0.15, 0.2) is 24.3 Å². The summed E-state index contributed by atoms with van der Waals surface area (Å²) in [4.78, 5) is 14.1. The maximum Gasteiger partial charge on any atom is 0.162 e. The summed E-state index contributed by atoms with van der Waals surface area (Å²) in [6.45, 7) is 6.51. The predicted molar refractivity (Wildman–Crippen MR) is 80.9 cm³/mol. The number of carbonyl (C=O) groups is 1. The van der Waals surface area contributed by atoms with Gasteiger partial charge in [-0.25, -0.2) is 0 Å². The van der Waals surface area contributed by atoms with Crippen LogP contribution in [0, 0.1) is 5.92 Å². The second-order valence-corrected chi connectivity index (χ2v) is 5.52. The van der Waals surface area contributed by atoms with Crippen molar-refractivity contribution in [3.05, 3.63) is 29.8 Å². The third-order valence-electron chi connectivity index (χ3n) is 4.30. The van der Waals surface area contributed by atoms with Gasteiger partial charge >= 0.3 is 0 Å². The summed E-state index contributed by atoms with van der Waals surface area (Å²) >= 11 is 0. The molecule has 0 aromatic heterocycles. The van der Waals surface area contributed by atoms with E-state index >= 15 is 0 Å². The molecule has 1 fully saturated rings. The van der Waals surface area contributed by atoms with E-state index in [2.05, 4.69) is 24.0 Å². The van der Waals surface area contributed by atoms with E-state index in [-0.39, 0.29) is 5.78 Å². The number of ketones is 1. The molecule has 1 aromatic carbocycles. The lowest BCUT2D eigenvalue weighted by Crippen LogP contribution is -2.24. The fourth-order valence-corrected chi connectivity index (χ4v) is 2.89. The maximum atomic E-state index is 11.6. The monoisotopic (exact) mass is 259 g/mol. The topological polar surface area (TPSA) is 20.3 Å². The van der Waals surface area contributed by atoms with Gasteiger partial charge in [-0.2, -0.15) is 0 Å². The summed E-state index contributed by atoms with van der Waals surface area (Å²) in [7, 11) is 0. The Balaban J connectivity index is 2.03. The molecule has 0 amide bonds. The SMILES string of the molecule is CCC(=O)c1ccc(N2CCCC(CC)CC2)cc1. The van der Waals surface area contributed by atoms with E-state index in [1.54, 1.807) is 0 Å². The van der Waals surface area contributed by atoms with Gasteiger partial charge in [-0.05, 0) is 49.4 Å². The van der Waals surface area contributed by atoms with Crippen molar-refractivity contribution in [2.45, 2.75) is 46.0 Å². The van der Waals surface area contributed by atoms with Crippen LogP contribution in [0.25, 0.3) is 0 Å². The third kappa shape index (κ3) is 3.59. The molecule has 0 aliphatic carbocycles. The van der Waals surface area contributed by atoms with Crippen molar-refractivity contribution in [3.8, 4) is 0 Å². The number of benzene rings is 1. The lowest BCUT2D eigenvalue weighted by Gasteiger charge is -2.23. The Morgan fingerprint density at radius 1 is 1.16 bits per heavy atom. The van der Waals surface area contributed by atoms with Gasteiger partial charge in [-0.15, -0.1) is 0 Å². The number of carbonyl (C=O) groups excluding carboxylic acids is 1. The maximum absolute atomic E-state index is 11.6. The molecule has 0 spiro atoms. The Bertz CT molecular complexity index is 410. The smallest absolute Gasteiger partial charge is 0.162 e. The molecule has 104 valence electrons. The van der Waals surface area contributed by atoms with E-state index in [1.165, 1.54) is 31.4 Å². The number of hydrogen-bond donors (Lipinski definition) is 0. The molecule has 0 radical (unpaired) electrons. The summed E-state index contributed by atoms with van der Waals surface area (Å²) in [6, 6.07) is 8.16. The van der Waals surface area contributed by atoms with E-state index in [4.69, 9.17) is 0 Å². The molecule has 1 aliphatic rings. The molecule has 1 aliphatic heterocycles. The Labute approximate surface area is 116 Å². The van der Waals surface area contributed by atoms with Crippen molar-refractivity contribution in [3.63, 3.8) is 0 Å². The Morgan fingerprint density at radius 2 is 1.89 bits per heavy atom. The van der Waals surface area contributed by atoms with Crippen LogP contribution in [0.2, 0.25) is 0 Å². The highest BCUT2D eigenvalue weighted by Crippen LogP contribution is 2.24. The number of Topliss-reactive ketones (excluding diaryl/α,β-unsaturated/α-hetero) is 1. The van der Waals surface area contributed by atoms with Gasteiger partial charge in [0.2, 0.25) is 0 Å². The first-order valence-electron chi connectivity index (χ1n) is 7.62. The number of rotatable bonds is 4. The molecule has 1 unspecified atom stereocenters. The highest BCUT2D eigenvalue weighted by Gasteiger charge is 2.16. The highest BCUT2D eigenvalue weighted by molar-refractivity contribution is 5.96. The molecule has 1 atom stereocenters. The van der Waals surface area contributed by atoms with Crippen LogP contribution in [0.4, 0.5) is 5.69 Å². The summed E-state index contributed by atoms with van der Waals surface area (Å²) in [5.74, 6) is 1.12. The number of anilines is 1. The predicted octanol–water partition coefficient (Wildman–Crippen LogP) is 4.30. The van der Waals surface area contributed by atoms with Crippen molar-refractivity contribution >= 4 is 11.5 Å². The zero-order valence-electron chi connectivity index (χ0n) is 12.2. The molecule has 1 saturated heterocycles. The van der Waals surface area contributed by atoms with E-state index in [1.807, 2.05) is 19.1 Å². The Hall–Kier alpha value is -1.31. The Morgan fingerprint density at radius 3 is 2.53 bits per heavy atom. The normalized spacial score (nSPS) is 20.1. The van der Waals surface area contributed by atoms with Gasteiger partial charge < -0.3 is 4.90 Å². The summed E-state index contributed by atoms with van der Waals surface area (Å²) < 4.78 is 0. The van der Waals surface area contributed by atoms with Gasteiger partial charge in [-0.1, -0.05) is 20.3 Å². The lowest BCUT2D eigenvalue weighted by molar-refractivity contribution is 0.0988. The second kappa shape index (κ2) is 6.74. The van der Waals surface area contributed by atoms with E-state index < -0.39 is 0 Å². The summed E-state index contributed by atoms with van der Waals surface area (Å²) in [5, 5.41) is 0. The van der Waals surface area contributed by atoms with E-state index in [0.717, 1.165) is 24.6 Å². The van der Waals surface area contributed by atoms with Crippen LogP contribution in [-0.4, -0.2) is 18.9 Å². The molecule has 1 heterocycles. The largest absolute Gasteiger partial charge is 0.372 e. The average Bonchev–Trinajstić information content (AvgIpc) is 2.72. The standard InChI is InChI=1S/C17H25NO/c1-3-14-6-5-12-18(13-11-14)16-9-7-15(8-10-16)17(19)4-2/h7-10,14H,3-6,11-13H2,1-2H3. The van der Waals surface area contributed by atoms with Crippen LogP contribution in [0.3, 0.4) is 0 Å². The van der Waals surface area contributed by atoms with Crippen molar-refractivity contribution in [1.82, 2.24) is 0 Å². The fraction of sp³-hybridized carbons (Fsp3) is 0.588. The van der Waals surface area contributed by atoms with Crippen molar-refractivity contribution in [1.29, 1.82) is 0 Å². The molecule has 0 saturated carbocycles. The summed E-state index contributed by atoms with van der Waals surface area (Å²) in [6.07, 6.45) is 5.83. The van der Waals surface area contributed by atoms with Gasteiger partial charge in [0.05, 0.1) is 0 Å². The summed E-state index contributed by atoms with van der Waals surface area (Å²) in [5.41, 5.74) is 2.11. The minimum atomic E-state index is 0.230. The zero-order valence-corrected chi connectivity index (χ0v) is 12.2. The minimum Gasteiger partial charge on any atom is -0.372 e. The van der Waals surface area contributed by atoms with Crippen LogP contribution in [0.1, 0.15) is 56.3 Å². The third-order valence-corrected chi connectivity index (χ3v) is 4.30. The molecule has 0 N–H and O–H groups in total. The minimum absolute atomic E-state index is 0.230. The van der Waals surface area contributed by atoms with Crippen LogP contribution < -0.4 is 4.90 Å². The molecule has 0 bridgehead atoms. The van der Waals surface area contributed by atoms with Crippen molar-refractivity contribution in [2.24, 2.45) is 5.92 Å². The molecule has 19 heavy (non-hydrogen) atoms. The van der Waals surface area contributed by atoms with Crippen molar-refractivity contribution < 1.29 is 4.79 Å². The second-order valence-electron chi connectivity index (χ2n) is 5.52. The van der Waals surface area contributed by atoms with E-state index in [0.29, 0.717) is 6.42 Å². The van der Waals surface area contributed by atoms with Gasteiger partial charge in [0.1, 0.15) is 0 Å². The van der Waals surface area contributed by atoms with Gasteiger partial charge in [-0.3, -0.25) is 4.79 Å². The first kappa shape index (κ1) is 14.1. The first-order valence-corrected chi connectivity index (χ1v) is 7.62. The van der Waals surface area contributed by atoms with Crippen LogP contribution in [-0.2, 0) is 0 Å². The van der Waals surface area contributed by atoms with Gasteiger partial charge in [0, 0.05) is 30.8 Å². The first-order chi connectivity index (χ1) is 9.24. The van der Waals surface area contributed by atoms with Crippen molar-refractivity contribution in [2.75, 3.05) is 18.0 Å². The molecule has 2 rings (SSSR count). The fourth-order valence-electron chi connectivity index (χ4n) is 2.89. The number of nitrogens with zero attached hydrogens (tertiary/aromatic N) is 1. The zero-order chi connectivity index (χ0) is 13.7. The highest BCUT2D eigenvalue weighted by atomic mass is 16.1. The van der Waals surface area contributed by atoms with Gasteiger partial charge in [0.25, 0.3) is 0 Å². The molecule has 2 nitrogen and oxygen atoms in total. The lowest BCUT2D eigenvalue weighted by atomic mass is 9.98.